The molecule has 1 heterocycles. The molecule has 1 amide bonds. The SMILES string of the molecule is CCNC(=NCC(=O)N(C)CC(F)(F)F)N(C)Cc1ccc(Br)s1.I. The van der Waals surface area contributed by atoms with Gasteiger partial charge in [-0.25, -0.2) is 4.99 Å². The van der Waals surface area contributed by atoms with Gasteiger partial charge in [0.2, 0.25) is 5.91 Å². The lowest BCUT2D eigenvalue weighted by atomic mass is 10.4. The van der Waals surface area contributed by atoms with E-state index in [1.54, 1.807) is 18.4 Å². The largest absolute Gasteiger partial charge is 0.406 e. The fourth-order valence-corrected chi connectivity index (χ4v) is 3.37. The molecular formula is C14H21BrF3IN4OS. The van der Waals surface area contributed by atoms with Gasteiger partial charge in [0, 0.05) is 25.5 Å². The zero-order valence-electron chi connectivity index (χ0n) is 14.1. The summed E-state index contributed by atoms with van der Waals surface area (Å²) in [5.41, 5.74) is 0. The molecule has 0 aliphatic heterocycles. The molecule has 0 saturated carbocycles. The topological polar surface area (TPSA) is 47.9 Å². The Morgan fingerprint density at radius 1 is 1.32 bits per heavy atom. The minimum absolute atomic E-state index is 0. The van der Waals surface area contributed by atoms with Crippen LogP contribution in [0.4, 0.5) is 13.2 Å². The Morgan fingerprint density at radius 2 is 1.96 bits per heavy atom. The number of rotatable bonds is 6. The second-order valence-electron chi connectivity index (χ2n) is 5.10. The summed E-state index contributed by atoms with van der Waals surface area (Å²) >= 11 is 4.97. The standard InChI is InChI=1S/C14H20BrF3N4OS.HI/c1-4-19-13(21(2)8-10-5-6-11(15)24-10)20-7-12(23)22(3)9-14(16,17)18;/h5-6H,4,7-9H2,1-3H3,(H,19,20);1H. The van der Waals surface area contributed by atoms with Gasteiger partial charge in [0.25, 0.3) is 0 Å². The molecule has 0 saturated heterocycles. The molecule has 25 heavy (non-hydrogen) atoms. The van der Waals surface area contributed by atoms with Gasteiger partial charge in [-0.15, -0.1) is 35.3 Å². The van der Waals surface area contributed by atoms with Crippen LogP contribution in [-0.4, -0.2) is 61.6 Å². The summed E-state index contributed by atoms with van der Waals surface area (Å²) in [6, 6.07) is 3.91. The number of aliphatic imine (C=N–C) groups is 1. The van der Waals surface area contributed by atoms with Crippen LogP contribution in [0.2, 0.25) is 0 Å². The predicted molar refractivity (Wildman–Crippen MR) is 109 cm³/mol. The number of amides is 1. The van der Waals surface area contributed by atoms with Crippen molar-refractivity contribution < 1.29 is 18.0 Å². The van der Waals surface area contributed by atoms with Gasteiger partial charge >= 0.3 is 6.18 Å². The van der Waals surface area contributed by atoms with E-state index < -0.39 is 18.6 Å². The van der Waals surface area contributed by atoms with E-state index in [0.717, 1.165) is 15.7 Å². The number of carbonyl (C=O) groups is 1. The number of carbonyl (C=O) groups excluding carboxylic acids is 1. The highest BCUT2D eigenvalue weighted by Crippen LogP contribution is 2.23. The third kappa shape index (κ3) is 9.64. The molecule has 0 radical (unpaired) electrons. The molecule has 0 bridgehead atoms. The van der Waals surface area contributed by atoms with Crippen molar-refractivity contribution in [2.24, 2.45) is 4.99 Å². The number of nitrogens with one attached hydrogen (secondary N) is 1. The summed E-state index contributed by atoms with van der Waals surface area (Å²) in [6.07, 6.45) is -4.41. The van der Waals surface area contributed by atoms with Crippen LogP contribution >= 0.6 is 51.2 Å². The predicted octanol–water partition coefficient (Wildman–Crippen LogP) is 3.55. The Labute approximate surface area is 174 Å². The maximum absolute atomic E-state index is 12.3. The zero-order valence-corrected chi connectivity index (χ0v) is 18.8. The maximum Gasteiger partial charge on any atom is 0.406 e. The van der Waals surface area contributed by atoms with Crippen molar-refractivity contribution in [3.05, 3.63) is 20.8 Å². The highest BCUT2D eigenvalue weighted by atomic mass is 127. The Balaban J connectivity index is 0.00000576. The van der Waals surface area contributed by atoms with Crippen molar-refractivity contribution in [3.8, 4) is 0 Å². The van der Waals surface area contributed by atoms with Crippen LogP contribution in [0.25, 0.3) is 0 Å². The molecule has 0 aliphatic carbocycles. The molecule has 1 N–H and O–H groups in total. The number of thiophene rings is 1. The van der Waals surface area contributed by atoms with Crippen LogP contribution in [0.5, 0.6) is 0 Å². The summed E-state index contributed by atoms with van der Waals surface area (Å²) in [4.78, 5) is 19.5. The van der Waals surface area contributed by atoms with Crippen LogP contribution in [-0.2, 0) is 11.3 Å². The van der Waals surface area contributed by atoms with E-state index in [1.165, 1.54) is 0 Å². The smallest absolute Gasteiger partial charge is 0.357 e. The average molecular weight is 557 g/mol. The average Bonchev–Trinajstić information content (AvgIpc) is 2.86. The second-order valence-corrected chi connectivity index (χ2v) is 7.64. The monoisotopic (exact) mass is 556 g/mol. The van der Waals surface area contributed by atoms with Crippen molar-refractivity contribution in [1.82, 2.24) is 15.1 Å². The quantitative estimate of drug-likeness (QED) is 0.331. The first-order chi connectivity index (χ1) is 11.1. The number of guanidine groups is 1. The van der Waals surface area contributed by atoms with E-state index in [-0.39, 0.29) is 30.5 Å². The van der Waals surface area contributed by atoms with Crippen LogP contribution in [0.15, 0.2) is 20.9 Å². The van der Waals surface area contributed by atoms with E-state index in [1.807, 2.05) is 24.0 Å². The third-order valence-electron chi connectivity index (χ3n) is 2.92. The van der Waals surface area contributed by atoms with Crippen LogP contribution in [0.1, 0.15) is 11.8 Å². The first kappa shape index (κ1) is 24.4. The van der Waals surface area contributed by atoms with Gasteiger partial charge in [-0.1, -0.05) is 0 Å². The van der Waals surface area contributed by atoms with Gasteiger partial charge in [0.05, 0.1) is 10.3 Å². The number of alkyl halides is 3. The van der Waals surface area contributed by atoms with E-state index in [9.17, 15) is 18.0 Å². The molecule has 0 atom stereocenters. The molecule has 0 fully saturated rings. The third-order valence-corrected chi connectivity index (χ3v) is 4.53. The number of hydrogen-bond acceptors (Lipinski definition) is 3. The Kier molecular flexibility index (Phi) is 11.0. The molecule has 0 aromatic carbocycles. The number of likely N-dealkylation sites (N-methyl/N-ethyl adjacent to an activating group) is 1. The number of nitrogens with zero attached hydrogens (tertiary/aromatic N) is 3. The lowest BCUT2D eigenvalue weighted by Crippen LogP contribution is -2.40. The summed E-state index contributed by atoms with van der Waals surface area (Å²) in [7, 11) is 2.92. The lowest BCUT2D eigenvalue weighted by Gasteiger charge is -2.22. The molecule has 1 aromatic heterocycles. The molecule has 5 nitrogen and oxygen atoms in total. The van der Waals surface area contributed by atoms with E-state index in [4.69, 9.17) is 0 Å². The van der Waals surface area contributed by atoms with Gasteiger partial charge in [0.1, 0.15) is 13.1 Å². The van der Waals surface area contributed by atoms with Crippen LogP contribution in [0.3, 0.4) is 0 Å². The highest BCUT2D eigenvalue weighted by Gasteiger charge is 2.31. The van der Waals surface area contributed by atoms with Crippen molar-refractivity contribution in [2.75, 3.05) is 33.7 Å². The molecule has 0 spiro atoms. The molecule has 0 aliphatic rings. The maximum atomic E-state index is 12.3. The Morgan fingerprint density at radius 3 is 2.44 bits per heavy atom. The summed E-state index contributed by atoms with van der Waals surface area (Å²) < 4.78 is 37.9. The van der Waals surface area contributed by atoms with Crippen molar-refractivity contribution in [3.63, 3.8) is 0 Å². The summed E-state index contributed by atoms with van der Waals surface area (Å²) in [5.74, 6) is -0.217. The lowest BCUT2D eigenvalue weighted by molar-refractivity contribution is -0.157. The Hall–Kier alpha value is -0.560. The van der Waals surface area contributed by atoms with Crippen molar-refractivity contribution in [1.29, 1.82) is 0 Å². The first-order valence-electron chi connectivity index (χ1n) is 7.16. The zero-order chi connectivity index (χ0) is 18.3. The number of halogens is 5. The minimum Gasteiger partial charge on any atom is -0.357 e. The molecule has 1 aromatic rings. The fourth-order valence-electron chi connectivity index (χ4n) is 1.84. The summed E-state index contributed by atoms with van der Waals surface area (Å²) in [6.45, 7) is 1.42. The number of hydrogen-bond donors (Lipinski definition) is 1. The molecule has 1 rings (SSSR count). The van der Waals surface area contributed by atoms with Gasteiger partial charge in [-0.05, 0) is 35.0 Å². The van der Waals surface area contributed by atoms with Crippen molar-refractivity contribution >= 4 is 63.1 Å². The van der Waals surface area contributed by atoms with Gasteiger partial charge in [-0.3, -0.25) is 4.79 Å². The normalized spacial score (nSPS) is 11.7. The fraction of sp³-hybridized carbons (Fsp3) is 0.571. The molecule has 0 unspecified atom stereocenters. The van der Waals surface area contributed by atoms with Crippen LogP contribution in [0, 0.1) is 0 Å². The van der Waals surface area contributed by atoms with Gasteiger partial charge in [0.15, 0.2) is 5.96 Å². The minimum atomic E-state index is -4.41. The molecule has 11 heteroatoms. The highest BCUT2D eigenvalue weighted by molar-refractivity contribution is 14.0. The van der Waals surface area contributed by atoms with Crippen LogP contribution < -0.4 is 5.32 Å². The second kappa shape index (κ2) is 11.2. The molecule has 144 valence electrons. The summed E-state index contributed by atoms with van der Waals surface area (Å²) in [5, 5.41) is 3.03. The Bertz CT molecular complexity index is 583. The van der Waals surface area contributed by atoms with E-state index >= 15 is 0 Å². The van der Waals surface area contributed by atoms with E-state index in [0.29, 0.717) is 23.9 Å². The van der Waals surface area contributed by atoms with E-state index in [2.05, 4.69) is 26.2 Å². The van der Waals surface area contributed by atoms with Gasteiger partial charge < -0.3 is 15.1 Å². The first-order valence-corrected chi connectivity index (χ1v) is 8.77. The van der Waals surface area contributed by atoms with Crippen molar-refractivity contribution in [2.45, 2.75) is 19.6 Å². The van der Waals surface area contributed by atoms with Gasteiger partial charge in [-0.2, -0.15) is 13.2 Å². The molecular weight excluding hydrogens is 536 g/mol.